The zero-order valence-corrected chi connectivity index (χ0v) is 9.91. The molecule has 3 rings (SSSR count). The van der Waals surface area contributed by atoms with Crippen molar-refractivity contribution in [3.63, 3.8) is 0 Å². The maximum atomic E-state index is 3.58. The third-order valence-electron chi connectivity index (χ3n) is 4.69. The Morgan fingerprint density at radius 1 is 1.06 bits per heavy atom. The van der Waals surface area contributed by atoms with Crippen molar-refractivity contribution in [2.24, 2.45) is 5.92 Å². The van der Waals surface area contributed by atoms with E-state index in [1.165, 1.54) is 45.2 Å². The number of hydrogen-bond acceptors (Lipinski definition) is 1. The van der Waals surface area contributed by atoms with Gasteiger partial charge in [0.25, 0.3) is 0 Å². The maximum Gasteiger partial charge on any atom is 0.000537 e. The quantitative estimate of drug-likeness (QED) is 0.759. The molecule has 2 aliphatic rings. The first kappa shape index (κ1) is 10.3. The lowest BCUT2D eigenvalue weighted by Gasteiger charge is -2.48. The van der Waals surface area contributed by atoms with Crippen LogP contribution in [-0.4, -0.2) is 13.1 Å². The Morgan fingerprint density at radius 2 is 1.94 bits per heavy atom. The van der Waals surface area contributed by atoms with Crippen LogP contribution in [0.1, 0.15) is 37.7 Å². The summed E-state index contributed by atoms with van der Waals surface area (Å²) in [6, 6.07) is 11.3. The summed E-state index contributed by atoms with van der Waals surface area (Å²) >= 11 is 0. The van der Waals surface area contributed by atoms with Gasteiger partial charge in [-0.05, 0) is 43.8 Å². The van der Waals surface area contributed by atoms with Crippen molar-refractivity contribution >= 4 is 0 Å². The highest BCUT2D eigenvalue weighted by atomic mass is 14.9. The van der Waals surface area contributed by atoms with E-state index in [1.54, 1.807) is 5.56 Å². The fraction of sp³-hybridized carbons (Fsp3) is 0.600. The van der Waals surface area contributed by atoms with Gasteiger partial charge in [0.05, 0.1) is 0 Å². The summed E-state index contributed by atoms with van der Waals surface area (Å²) in [7, 11) is 0. The number of piperidine rings is 1. The molecule has 1 aromatic carbocycles. The van der Waals surface area contributed by atoms with Gasteiger partial charge in [-0.3, -0.25) is 0 Å². The van der Waals surface area contributed by atoms with Crippen LogP contribution in [0.25, 0.3) is 0 Å². The molecular weight excluding hydrogens is 194 g/mol. The van der Waals surface area contributed by atoms with Crippen molar-refractivity contribution in [2.45, 2.75) is 37.5 Å². The molecule has 86 valence electrons. The summed E-state index contributed by atoms with van der Waals surface area (Å²) in [5.74, 6) is 0.873. The largest absolute Gasteiger partial charge is 0.316 e. The molecular formula is C15H21N. The first-order valence-corrected chi connectivity index (χ1v) is 6.68. The second-order valence-electron chi connectivity index (χ2n) is 5.42. The highest BCUT2D eigenvalue weighted by Crippen LogP contribution is 2.47. The molecule has 1 saturated heterocycles. The fourth-order valence-corrected chi connectivity index (χ4v) is 3.82. The molecule has 1 heterocycles. The van der Waals surface area contributed by atoms with Gasteiger partial charge < -0.3 is 5.32 Å². The van der Waals surface area contributed by atoms with E-state index in [2.05, 4.69) is 35.6 Å². The fourth-order valence-electron chi connectivity index (χ4n) is 3.82. The molecule has 0 spiro atoms. The number of hydrogen-bond donors (Lipinski definition) is 1. The van der Waals surface area contributed by atoms with Gasteiger partial charge in [0.1, 0.15) is 0 Å². The highest BCUT2D eigenvalue weighted by molar-refractivity contribution is 5.28. The predicted octanol–water partition coefficient (Wildman–Crippen LogP) is 3.11. The second kappa shape index (κ2) is 4.21. The average molecular weight is 215 g/mol. The van der Waals surface area contributed by atoms with E-state index in [4.69, 9.17) is 0 Å². The lowest BCUT2D eigenvalue weighted by molar-refractivity contribution is 0.137. The zero-order chi connectivity index (χ0) is 10.8. The predicted molar refractivity (Wildman–Crippen MR) is 67.6 cm³/mol. The average Bonchev–Trinajstić information content (AvgIpc) is 2.40. The minimum Gasteiger partial charge on any atom is -0.316 e. The smallest absolute Gasteiger partial charge is 0.000537 e. The molecule has 0 radical (unpaired) electrons. The molecule has 1 N–H and O–H groups in total. The maximum absolute atomic E-state index is 3.58. The number of fused-ring (bicyclic) bond motifs is 1. The van der Waals surface area contributed by atoms with Crippen molar-refractivity contribution < 1.29 is 0 Å². The van der Waals surface area contributed by atoms with E-state index in [9.17, 15) is 0 Å². The van der Waals surface area contributed by atoms with Crippen LogP contribution < -0.4 is 5.32 Å². The van der Waals surface area contributed by atoms with Crippen LogP contribution >= 0.6 is 0 Å². The molecule has 1 aliphatic carbocycles. The van der Waals surface area contributed by atoms with Gasteiger partial charge in [-0.2, -0.15) is 0 Å². The third-order valence-corrected chi connectivity index (χ3v) is 4.69. The number of rotatable bonds is 1. The van der Waals surface area contributed by atoms with Gasteiger partial charge in [-0.1, -0.05) is 43.2 Å². The number of benzene rings is 1. The summed E-state index contributed by atoms with van der Waals surface area (Å²) in [4.78, 5) is 0. The molecule has 1 aromatic rings. The molecule has 1 saturated carbocycles. The molecule has 2 unspecified atom stereocenters. The standard InChI is InChI=1S/C15H21N/c1-2-6-13(7-3-1)15-9-5-4-8-14(15)12-16-11-10-15/h1-3,6-7,14,16H,4-5,8-12H2. The van der Waals surface area contributed by atoms with E-state index in [1.807, 2.05) is 0 Å². The van der Waals surface area contributed by atoms with Gasteiger partial charge >= 0.3 is 0 Å². The third kappa shape index (κ3) is 1.58. The van der Waals surface area contributed by atoms with Crippen LogP contribution in [-0.2, 0) is 5.41 Å². The van der Waals surface area contributed by atoms with E-state index in [0.717, 1.165) is 5.92 Å². The molecule has 2 atom stereocenters. The molecule has 0 bridgehead atoms. The van der Waals surface area contributed by atoms with Crippen molar-refractivity contribution in [1.82, 2.24) is 5.32 Å². The minimum atomic E-state index is 0.505. The lowest BCUT2D eigenvalue weighted by atomic mass is 9.59. The van der Waals surface area contributed by atoms with Crippen molar-refractivity contribution in [3.05, 3.63) is 35.9 Å². The minimum absolute atomic E-state index is 0.505. The molecule has 1 nitrogen and oxygen atoms in total. The van der Waals surface area contributed by atoms with Crippen LogP contribution in [0.15, 0.2) is 30.3 Å². The molecule has 0 aromatic heterocycles. The molecule has 2 fully saturated rings. The first-order valence-electron chi connectivity index (χ1n) is 6.68. The van der Waals surface area contributed by atoms with E-state index in [-0.39, 0.29) is 0 Å². The van der Waals surface area contributed by atoms with Gasteiger partial charge in [-0.15, -0.1) is 0 Å². The summed E-state index contributed by atoms with van der Waals surface area (Å²) < 4.78 is 0. The van der Waals surface area contributed by atoms with E-state index < -0.39 is 0 Å². The topological polar surface area (TPSA) is 12.0 Å². The Morgan fingerprint density at radius 3 is 2.81 bits per heavy atom. The van der Waals surface area contributed by atoms with Crippen LogP contribution in [0.5, 0.6) is 0 Å². The van der Waals surface area contributed by atoms with Gasteiger partial charge in [-0.25, -0.2) is 0 Å². The summed E-state index contributed by atoms with van der Waals surface area (Å²) in [5, 5.41) is 3.58. The van der Waals surface area contributed by atoms with Gasteiger partial charge in [0.15, 0.2) is 0 Å². The Balaban J connectivity index is 1.98. The highest BCUT2D eigenvalue weighted by Gasteiger charge is 2.43. The Labute approximate surface area is 98.3 Å². The van der Waals surface area contributed by atoms with Gasteiger partial charge in [0, 0.05) is 5.41 Å². The molecule has 0 amide bonds. The van der Waals surface area contributed by atoms with E-state index >= 15 is 0 Å². The molecule has 16 heavy (non-hydrogen) atoms. The Kier molecular flexibility index (Phi) is 2.72. The summed E-state index contributed by atoms with van der Waals surface area (Å²) in [6.07, 6.45) is 7.01. The van der Waals surface area contributed by atoms with Crippen LogP contribution in [0.4, 0.5) is 0 Å². The van der Waals surface area contributed by atoms with E-state index in [0.29, 0.717) is 5.41 Å². The molecule has 1 heteroatoms. The van der Waals surface area contributed by atoms with Crippen molar-refractivity contribution in [2.75, 3.05) is 13.1 Å². The first-order chi connectivity index (χ1) is 7.92. The van der Waals surface area contributed by atoms with Gasteiger partial charge in [0.2, 0.25) is 0 Å². The Hall–Kier alpha value is -0.820. The summed E-state index contributed by atoms with van der Waals surface area (Å²) in [6.45, 7) is 2.43. The zero-order valence-electron chi connectivity index (χ0n) is 9.91. The van der Waals surface area contributed by atoms with Crippen LogP contribution in [0.3, 0.4) is 0 Å². The van der Waals surface area contributed by atoms with Crippen LogP contribution in [0, 0.1) is 5.92 Å². The SMILES string of the molecule is c1ccc(C23CCCCC2CNCC3)cc1. The summed E-state index contributed by atoms with van der Waals surface area (Å²) in [5.41, 5.74) is 2.10. The lowest BCUT2D eigenvalue weighted by Crippen LogP contribution is -2.49. The van der Waals surface area contributed by atoms with Crippen molar-refractivity contribution in [1.29, 1.82) is 0 Å². The molecule has 1 aliphatic heterocycles. The second-order valence-corrected chi connectivity index (χ2v) is 5.42. The monoisotopic (exact) mass is 215 g/mol. The van der Waals surface area contributed by atoms with Crippen molar-refractivity contribution in [3.8, 4) is 0 Å². The van der Waals surface area contributed by atoms with Crippen LogP contribution in [0.2, 0.25) is 0 Å². The normalized spacial score (nSPS) is 34.4. The Bertz CT molecular complexity index is 332. The number of nitrogens with one attached hydrogen (secondary N) is 1.